The first-order valence-corrected chi connectivity index (χ1v) is 9.50. The minimum Gasteiger partial charge on any atom is -0.392 e. The van der Waals surface area contributed by atoms with Crippen molar-refractivity contribution < 1.29 is 9.90 Å². The number of hydrogen-bond acceptors (Lipinski definition) is 3. The van der Waals surface area contributed by atoms with Crippen molar-refractivity contribution in [2.24, 2.45) is 5.41 Å². The van der Waals surface area contributed by atoms with Crippen molar-refractivity contribution >= 4 is 5.91 Å². The molecule has 4 heteroatoms. The second-order valence-electron chi connectivity index (χ2n) is 7.59. The molecule has 136 valence electrons. The van der Waals surface area contributed by atoms with Crippen LogP contribution in [0.25, 0.3) is 11.1 Å². The van der Waals surface area contributed by atoms with Gasteiger partial charge in [0.05, 0.1) is 11.5 Å². The summed E-state index contributed by atoms with van der Waals surface area (Å²) in [7, 11) is 0. The van der Waals surface area contributed by atoms with Gasteiger partial charge in [-0.05, 0) is 36.0 Å². The highest BCUT2D eigenvalue weighted by atomic mass is 16.3. The SMILES string of the molecule is O=C1NCCC[C@]12CN(Cc1ccc(-c3ccccc3)cc1)CC[C@H]2O. The molecule has 2 aliphatic rings. The smallest absolute Gasteiger partial charge is 0.230 e. The molecule has 0 saturated carbocycles. The monoisotopic (exact) mass is 350 g/mol. The molecule has 0 aliphatic carbocycles. The summed E-state index contributed by atoms with van der Waals surface area (Å²) in [5, 5.41) is 13.5. The predicted octanol–water partition coefficient (Wildman–Crippen LogP) is 2.82. The van der Waals surface area contributed by atoms with Crippen LogP contribution in [0.3, 0.4) is 0 Å². The molecule has 2 fully saturated rings. The summed E-state index contributed by atoms with van der Waals surface area (Å²) in [5.41, 5.74) is 3.05. The maximum Gasteiger partial charge on any atom is 0.230 e. The molecule has 4 nitrogen and oxygen atoms in total. The second-order valence-corrected chi connectivity index (χ2v) is 7.59. The summed E-state index contributed by atoms with van der Waals surface area (Å²) >= 11 is 0. The number of aliphatic hydroxyl groups excluding tert-OH is 1. The first-order valence-electron chi connectivity index (χ1n) is 9.50. The molecular weight excluding hydrogens is 324 g/mol. The van der Waals surface area contributed by atoms with E-state index >= 15 is 0 Å². The number of nitrogens with zero attached hydrogens (tertiary/aromatic N) is 1. The molecule has 4 rings (SSSR count). The van der Waals surface area contributed by atoms with E-state index in [4.69, 9.17) is 0 Å². The zero-order valence-corrected chi connectivity index (χ0v) is 15.0. The van der Waals surface area contributed by atoms with Crippen LogP contribution >= 0.6 is 0 Å². The molecule has 2 atom stereocenters. The lowest BCUT2D eigenvalue weighted by molar-refractivity contribution is -0.149. The van der Waals surface area contributed by atoms with Crippen LogP contribution in [0.4, 0.5) is 0 Å². The number of benzene rings is 2. The maximum atomic E-state index is 12.5. The minimum absolute atomic E-state index is 0.0281. The number of aliphatic hydroxyl groups is 1. The summed E-state index contributed by atoms with van der Waals surface area (Å²) in [5.74, 6) is 0.0281. The van der Waals surface area contributed by atoms with E-state index in [1.165, 1.54) is 16.7 Å². The first kappa shape index (κ1) is 17.3. The molecule has 0 unspecified atom stereocenters. The molecule has 2 aromatic rings. The lowest BCUT2D eigenvalue weighted by Gasteiger charge is -2.47. The number of hydrogen-bond donors (Lipinski definition) is 2. The van der Waals surface area contributed by atoms with Gasteiger partial charge in [-0.1, -0.05) is 54.6 Å². The lowest BCUT2D eigenvalue weighted by atomic mass is 9.71. The molecule has 0 radical (unpaired) electrons. The van der Waals surface area contributed by atoms with Crippen LogP contribution in [-0.2, 0) is 11.3 Å². The van der Waals surface area contributed by atoms with Crippen molar-refractivity contribution in [3.05, 3.63) is 60.2 Å². The van der Waals surface area contributed by atoms with Crippen LogP contribution in [0.1, 0.15) is 24.8 Å². The number of carbonyl (C=O) groups excluding carboxylic acids is 1. The first-order chi connectivity index (χ1) is 12.7. The van der Waals surface area contributed by atoms with Crippen molar-refractivity contribution in [1.82, 2.24) is 10.2 Å². The molecule has 1 spiro atoms. The third-order valence-corrected chi connectivity index (χ3v) is 5.87. The van der Waals surface area contributed by atoms with Gasteiger partial charge in [0.25, 0.3) is 0 Å². The molecule has 2 saturated heterocycles. The molecule has 1 amide bonds. The van der Waals surface area contributed by atoms with Crippen LogP contribution in [-0.4, -0.2) is 41.7 Å². The number of rotatable bonds is 3. The number of piperidine rings is 2. The van der Waals surface area contributed by atoms with Crippen molar-refractivity contribution in [1.29, 1.82) is 0 Å². The largest absolute Gasteiger partial charge is 0.392 e. The average molecular weight is 350 g/mol. The summed E-state index contributed by atoms with van der Waals surface area (Å²) in [4.78, 5) is 14.8. The van der Waals surface area contributed by atoms with Crippen LogP contribution in [0.5, 0.6) is 0 Å². The van der Waals surface area contributed by atoms with Gasteiger partial charge < -0.3 is 10.4 Å². The van der Waals surface area contributed by atoms with Crippen LogP contribution in [0.15, 0.2) is 54.6 Å². The topological polar surface area (TPSA) is 52.6 Å². The van der Waals surface area contributed by atoms with Gasteiger partial charge in [-0.15, -0.1) is 0 Å². The van der Waals surface area contributed by atoms with Gasteiger partial charge in [0.1, 0.15) is 0 Å². The van der Waals surface area contributed by atoms with E-state index in [0.717, 1.165) is 32.5 Å². The number of amides is 1. The summed E-state index contributed by atoms with van der Waals surface area (Å²) < 4.78 is 0. The Morgan fingerprint density at radius 3 is 2.54 bits per heavy atom. The number of carbonyl (C=O) groups is 1. The van der Waals surface area contributed by atoms with E-state index in [1.54, 1.807) is 0 Å². The van der Waals surface area contributed by atoms with Gasteiger partial charge in [-0.25, -0.2) is 0 Å². The van der Waals surface area contributed by atoms with Gasteiger partial charge in [0.2, 0.25) is 5.91 Å². The third-order valence-electron chi connectivity index (χ3n) is 5.87. The third kappa shape index (κ3) is 3.27. The maximum absolute atomic E-state index is 12.5. The molecule has 0 bridgehead atoms. The highest BCUT2D eigenvalue weighted by molar-refractivity contribution is 5.84. The summed E-state index contributed by atoms with van der Waals surface area (Å²) in [6.07, 6.45) is 1.86. The molecule has 2 aliphatic heterocycles. The van der Waals surface area contributed by atoms with Gasteiger partial charge in [-0.2, -0.15) is 0 Å². The molecule has 26 heavy (non-hydrogen) atoms. The quantitative estimate of drug-likeness (QED) is 0.895. The Balaban J connectivity index is 1.46. The average Bonchev–Trinajstić information content (AvgIpc) is 2.68. The Bertz CT molecular complexity index is 759. The predicted molar refractivity (Wildman–Crippen MR) is 102 cm³/mol. The van der Waals surface area contributed by atoms with Gasteiger partial charge in [-0.3, -0.25) is 9.69 Å². The van der Waals surface area contributed by atoms with Crippen molar-refractivity contribution in [2.45, 2.75) is 31.9 Å². The van der Waals surface area contributed by atoms with Crippen LogP contribution < -0.4 is 5.32 Å². The fourth-order valence-corrected chi connectivity index (χ4v) is 4.36. The fourth-order valence-electron chi connectivity index (χ4n) is 4.36. The van der Waals surface area contributed by atoms with E-state index in [9.17, 15) is 9.90 Å². The highest BCUT2D eigenvalue weighted by Crippen LogP contribution is 2.37. The van der Waals surface area contributed by atoms with E-state index in [2.05, 4.69) is 58.7 Å². The number of likely N-dealkylation sites (tertiary alicyclic amines) is 1. The normalized spacial score (nSPS) is 26.7. The van der Waals surface area contributed by atoms with Crippen molar-refractivity contribution in [3.63, 3.8) is 0 Å². The molecule has 0 aromatic heterocycles. The molecule has 2 heterocycles. The second kappa shape index (κ2) is 7.22. The molecule has 2 N–H and O–H groups in total. The van der Waals surface area contributed by atoms with Gasteiger partial charge in [0, 0.05) is 26.2 Å². The van der Waals surface area contributed by atoms with E-state index < -0.39 is 11.5 Å². The van der Waals surface area contributed by atoms with E-state index in [0.29, 0.717) is 13.0 Å². The Labute approximate surface area is 154 Å². The summed E-state index contributed by atoms with van der Waals surface area (Å²) in [6.45, 7) is 3.02. The molecular formula is C22H26N2O2. The van der Waals surface area contributed by atoms with Crippen LogP contribution in [0, 0.1) is 5.41 Å². The zero-order chi connectivity index (χ0) is 18.0. The van der Waals surface area contributed by atoms with Gasteiger partial charge >= 0.3 is 0 Å². The van der Waals surface area contributed by atoms with E-state index in [-0.39, 0.29) is 5.91 Å². The Morgan fingerprint density at radius 1 is 1.08 bits per heavy atom. The van der Waals surface area contributed by atoms with Crippen LogP contribution in [0.2, 0.25) is 0 Å². The zero-order valence-electron chi connectivity index (χ0n) is 15.0. The van der Waals surface area contributed by atoms with E-state index in [1.807, 2.05) is 6.07 Å². The summed E-state index contributed by atoms with van der Waals surface area (Å²) in [6, 6.07) is 19.0. The van der Waals surface area contributed by atoms with Gasteiger partial charge in [0.15, 0.2) is 0 Å². The number of nitrogens with one attached hydrogen (secondary N) is 1. The van der Waals surface area contributed by atoms with Crippen molar-refractivity contribution in [2.75, 3.05) is 19.6 Å². The minimum atomic E-state index is -0.625. The fraction of sp³-hybridized carbons (Fsp3) is 0.409. The lowest BCUT2D eigenvalue weighted by Crippen LogP contribution is -2.61. The van der Waals surface area contributed by atoms with Crippen molar-refractivity contribution in [3.8, 4) is 11.1 Å². The molecule has 2 aromatic carbocycles. The highest BCUT2D eigenvalue weighted by Gasteiger charge is 2.49. The Kier molecular flexibility index (Phi) is 4.79. The Hall–Kier alpha value is -2.17. The Morgan fingerprint density at radius 2 is 1.81 bits per heavy atom. The standard InChI is InChI=1S/C22H26N2O2/c25-20-11-14-24(16-22(20)12-4-13-23-21(22)26)15-17-7-9-19(10-8-17)18-5-2-1-3-6-18/h1-3,5-10,20,25H,4,11-16H2,(H,23,26)/t20-,22-/m1/s1.